The first-order valence-electron chi connectivity index (χ1n) is 9.80. The monoisotopic (exact) mass is 450 g/mol. The number of para-hydroxylation sites is 1. The first-order chi connectivity index (χ1) is 15.1. The van der Waals surface area contributed by atoms with Crippen LogP contribution in [0.4, 0.5) is 5.69 Å². The standard InChI is InChI=1S/C22H18N4O3S2/c27-18(25-16-5-2-1-4-14(16)20(28)24-13-7-8-13)10-26-12-23-21-19(22(26)29)15(11-31-21)17-6-3-9-30-17/h1-6,9,11-13H,7-8,10H2,(H,24,28)(H,25,27). The number of hydrogen-bond acceptors (Lipinski definition) is 6. The molecule has 9 heteroatoms. The van der Waals surface area contributed by atoms with Gasteiger partial charge in [0, 0.05) is 21.9 Å². The molecule has 31 heavy (non-hydrogen) atoms. The van der Waals surface area contributed by atoms with Crippen LogP contribution in [0.15, 0.2) is 58.3 Å². The van der Waals surface area contributed by atoms with Gasteiger partial charge in [-0.3, -0.25) is 19.0 Å². The van der Waals surface area contributed by atoms with Gasteiger partial charge in [0.2, 0.25) is 5.91 Å². The molecule has 1 fully saturated rings. The van der Waals surface area contributed by atoms with Crippen molar-refractivity contribution in [1.29, 1.82) is 0 Å². The van der Waals surface area contributed by atoms with Gasteiger partial charge >= 0.3 is 0 Å². The van der Waals surface area contributed by atoms with E-state index < -0.39 is 5.91 Å². The maximum atomic E-state index is 13.1. The summed E-state index contributed by atoms with van der Waals surface area (Å²) in [6.07, 6.45) is 3.36. The van der Waals surface area contributed by atoms with Crippen LogP contribution in [-0.2, 0) is 11.3 Å². The molecule has 0 aliphatic heterocycles. The zero-order valence-electron chi connectivity index (χ0n) is 16.3. The summed E-state index contributed by atoms with van der Waals surface area (Å²) >= 11 is 2.96. The Labute approximate surface area is 185 Å². The van der Waals surface area contributed by atoms with Crippen LogP contribution < -0.4 is 16.2 Å². The van der Waals surface area contributed by atoms with Crippen LogP contribution in [0.2, 0.25) is 0 Å². The van der Waals surface area contributed by atoms with Crippen molar-refractivity contribution in [3.05, 3.63) is 69.4 Å². The fourth-order valence-corrected chi connectivity index (χ4v) is 5.04. The largest absolute Gasteiger partial charge is 0.349 e. The number of hydrogen-bond donors (Lipinski definition) is 2. The summed E-state index contributed by atoms with van der Waals surface area (Å²) in [6.45, 7) is -0.194. The smallest absolute Gasteiger partial charge is 0.263 e. The quantitative estimate of drug-likeness (QED) is 0.468. The second kappa shape index (κ2) is 8.09. The Morgan fingerprint density at radius 1 is 1.13 bits per heavy atom. The Hall–Kier alpha value is -3.30. The zero-order chi connectivity index (χ0) is 21.4. The summed E-state index contributed by atoms with van der Waals surface area (Å²) in [6, 6.07) is 11.0. The highest BCUT2D eigenvalue weighted by molar-refractivity contribution is 7.18. The Bertz CT molecular complexity index is 1340. The Morgan fingerprint density at radius 2 is 1.97 bits per heavy atom. The number of carbonyl (C=O) groups is 2. The second-order valence-corrected chi connectivity index (χ2v) is 9.13. The highest BCUT2D eigenvalue weighted by Gasteiger charge is 2.25. The number of fused-ring (bicyclic) bond motifs is 1. The molecule has 4 aromatic rings. The molecular weight excluding hydrogens is 432 g/mol. The van der Waals surface area contributed by atoms with E-state index in [-0.39, 0.29) is 24.1 Å². The summed E-state index contributed by atoms with van der Waals surface area (Å²) in [5.41, 5.74) is 1.40. The Morgan fingerprint density at radius 3 is 2.74 bits per heavy atom. The summed E-state index contributed by atoms with van der Waals surface area (Å²) in [5, 5.41) is 10.1. The van der Waals surface area contributed by atoms with E-state index >= 15 is 0 Å². The Kier molecular flexibility index (Phi) is 5.13. The lowest BCUT2D eigenvalue weighted by Gasteiger charge is -2.12. The molecular formula is C22H18N4O3S2. The van der Waals surface area contributed by atoms with E-state index in [0.717, 1.165) is 23.3 Å². The van der Waals surface area contributed by atoms with Crippen molar-refractivity contribution < 1.29 is 9.59 Å². The van der Waals surface area contributed by atoms with Crippen molar-refractivity contribution in [1.82, 2.24) is 14.9 Å². The molecule has 7 nitrogen and oxygen atoms in total. The SMILES string of the molecule is O=C(Cn1cnc2scc(-c3cccs3)c2c1=O)Nc1ccccc1C(=O)NC1CC1. The summed E-state index contributed by atoms with van der Waals surface area (Å²) in [5.74, 6) is -0.611. The van der Waals surface area contributed by atoms with Gasteiger partial charge in [-0.05, 0) is 36.4 Å². The van der Waals surface area contributed by atoms with E-state index in [0.29, 0.717) is 21.5 Å². The molecule has 1 aliphatic rings. The van der Waals surface area contributed by atoms with Crippen LogP contribution in [0.5, 0.6) is 0 Å². The molecule has 0 atom stereocenters. The number of nitrogens with one attached hydrogen (secondary N) is 2. The fourth-order valence-electron chi connectivity index (χ4n) is 3.32. The second-order valence-electron chi connectivity index (χ2n) is 7.33. The predicted molar refractivity (Wildman–Crippen MR) is 123 cm³/mol. The minimum Gasteiger partial charge on any atom is -0.349 e. The van der Waals surface area contributed by atoms with Gasteiger partial charge in [0.1, 0.15) is 11.4 Å². The lowest BCUT2D eigenvalue weighted by Crippen LogP contribution is -2.30. The fraction of sp³-hybridized carbons (Fsp3) is 0.182. The van der Waals surface area contributed by atoms with Crippen molar-refractivity contribution in [2.24, 2.45) is 0 Å². The van der Waals surface area contributed by atoms with Crippen LogP contribution in [0.3, 0.4) is 0 Å². The van der Waals surface area contributed by atoms with Gasteiger partial charge in [-0.25, -0.2) is 4.98 Å². The third kappa shape index (κ3) is 4.01. The van der Waals surface area contributed by atoms with Gasteiger partial charge in [0.05, 0.1) is 23.0 Å². The molecule has 3 aromatic heterocycles. The lowest BCUT2D eigenvalue weighted by atomic mass is 10.1. The molecule has 1 saturated carbocycles. The molecule has 156 valence electrons. The highest BCUT2D eigenvalue weighted by atomic mass is 32.1. The molecule has 1 aliphatic carbocycles. The highest BCUT2D eigenvalue weighted by Crippen LogP contribution is 2.33. The number of thiophene rings is 2. The van der Waals surface area contributed by atoms with Crippen molar-refractivity contribution >= 4 is 50.4 Å². The number of benzene rings is 1. The van der Waals surface area contributed by atoms with Gasteiger partial charge in [-0.15, -0.1) is 22.7 Å². The maximum Gasteiger partial charge on any atom is 0.263 e. The number of nitrogens with zero attached hydrogens (tertiary/aromatic N) is 2. The third-order valence-corrected chi connectivity index (χ3v) is 6.81. The maximum absolute atomic E-state index is 13.1. The average Bonchev–Trinajstić information content (AvgIpc) is 3.24. The summed E-state index contributed by atoms with van der Waals surface area (Å²) in [7, 11) is 0. The first kappa shape index (κ1) is 19.7. The number of carbonyl (C=O) groups excluding carboxylic acids is 2. The number of anilines is 1. The number of rotatable bonds is 6. The van der Waals surface area contributed by atoms with E-state index in [9.17, 15) is 14.4 Å². The number of aromatic nitrogens is 2. The van der Waals surface area contributed by atoms with Crippen molar-refractivity contribution in [3.63, 3.8) is 0 Å². The van der Waals surface area contributed by atoms with Crippen LogP contribution in [0, 0.1) is 0 Å². The van der Waals surface area contributed by atoms with Crippen LogP contribution >= 0.6 is 22.7 Å². The van der Waals surface area contributed by atoms with Crippen LogP contribution in [-0.4, -0.2) is 27.4 Å². The number of amides is 2. The molecule has 0 saturated heterocycles. The summed E-state index contributed by atoms with van der Waals surface area (Å²) < 4.78 is 1.30. The van der Waals surface area contributed by atoms with Gasteiger partial charge in [-0.2, -0.15) is 0 Å². The Balaban J connectivity index is 1.39. The minimum absolute atomic E-state index is 0.194. The molecule has 1 aromatic carbocycles. The normalized spacial score (nSPS) is 13.3. The van der Waals surface area contributed by atoms with Crippen molar-refractivity contribution in [2.45, 2.75) is 25.4 Å². The van der Waals surface area contributed by atoms with Crippen LogP contribution in [0.1, 0.15) is 23.2 Å². The first-order valence-corrected chi connectivity index (χ1v) is 11.6. The molecule has 0 bridgehead atoms. The van der Waals surface area contributed by atoms with Crippen LogP contribution in [0.25, 0.3) is 20.7 Å². The zero-order valence-corrected chi connectivity index (χ0v) is 18.0. The van der Waals surface area contributed by atoms with Gasteiger partial charge in [0.15, 0.2) is 0 Å². The van der Waals surface area contributed by atoms with Gasteiger partial charge in [0.25, 0.3) is 11.5 Å². The average molecular weight is 451 g/mol. The third-order valence-electron chi connectivity index (χ3n) is 5.02. The van der Waals surface area contributed by atoms with E-state index in [1.165, 1.54) is 22.2 Å². The molecule has 0 unspecified atom stereocenters. The van der Waals surface area contributed by atoms with E-state index in [1.807, 2.05) is 22.9 Å². The van der Waals surface area contributed by atoms with Crippen molar-refractivity contribution in [3.8, 4) is 10.4 Å². The van der Waals surface area contributed by atoms with Gasteiger partial charge in [-0.1, -0.05) is 18.2 Å². The van der Waals surface area contributed by atoms with Crippen molar-refractivity contribution in [2.75, 3.05) is 5.32 Å². The van der Waals surface area contributed by atoms with E-state index in [4.69, 9.17) is 0 Å². The van der Waals surface area contributed by atoms with E-state index in [1.54, 1.807) is 35.6 Å². The molecule has 2 amide bonds. The molecule has 5 rings (SSSR count). The molecule has 2 N–H and O–H groups in total. The van der Waals surface area contributed by atoms with E-state index in [2.05, 4.69) is 15.6 Å². The summed E-state index contributed by atoms with van der Waals surface area (Å²) in [4.78, 5) is 44.2. The molecule has 0 spiro atoms. The molecule has 3 heterocycles. The lowest BCUT2D eigenvalue weighted by molar-refractivity contribution is -0.116. The predicted octanol–water partition coefficient (Wildman–Crippen LogP) is 3.72. The minimum atomic E-state index is -0.400. The topological polar surface area (TPSA) is 93.1 Å². The van der Waals surface area contributed by atoms with Gasteiger partial charge < -0.3 is 10.6 Å². The molecule has 0 radical (unpaired) electrons.